The lowest BCUT2D eigenvalue weighted by molar-refractivity contribution is 0.178. The molecule has 2 amide bonds. The smallest absolute Gasteiger partial charge is 0.315 e. The van der Waals surface area contributed by atoms with E-state index in [0.717, 1.165) is 49.2 Å². The van der Waals surface area contributed by atoms with E-state index in [1.54, 1.807) is 11.3 Å². The highest BCUT2D eigenvalue weighted by Gasteiger charge is 2.36. The van der Waals surface area contributed by atoms with E-state index in [2.05, 4.69) is 15.6 Å². The van der Waals surface area contributed by atoms with E-state index in [4.69, 9.17) is 0 Å². The summed E-state index contributed by atoms with van der Waals surface area (Å²) in [5, 5.41) is 18.9. The van der Waals surface area contributed by atoms with Crippen molar-refractivity contribution in [1.29, 1.82) is 0 Å². The molecule has 0 unspecified atom stereocenters. The minimum absolute atomic E-state index is 0.0343. The predicted molar refractivity (Wildman–Crippen MR) is 91.4 cm³/mol. The summed E-state index contributed by atoms with van der Waals surface area (Å²) in [5.41, 5.74) is 1.02. The molecule has 3 N–H and O–H groups in total. The highest BCUT2D eigenvalue weighted by atomic mass is 32.1. The number of aliphatic hydroxyl groups is 1. The molecule has 3 atom stereocenters. The molecule has 2 fully saturated rings. The third-order valence-electron chi connectivity index (χ3n) is 4.99. The molecule has 0 saturated heterocycles. The standard InChI is InChI=1S/C17H27N3O2S/c1-11-10-23-16(18-11)15(12-7-8-12)20-17(22)19-14-6-4-2-3-5-13(14)9-21/h10,12-15,21H,2-9H2,1H3,(H2,19,20,22)/t13-,14+,15-/m1/s1. The predicted octanol–water partition coefficient (Wildman–Crippen LogP) is 3.14. The second-order valence-corrected chi connectivity index (χ2v) is 7.84. The minimum atomic E-state index is -0.111. The molecule has 1 heterocycles. The first-order valence-electron chi connectivity index (χ1n) is 8.77. The number of aliphatic hydroxyl groups excluding tert-OH is 1. The number of hydrogen-bond acceptors (Lipinski definition) is 4. The molecule has 1 aromatic heterocycles. The van der Waals surface area contributed by atoms with Crippen molar-refractivity contribution in [3.63, 3.8) is 0 Å². The summed E-state index contributed by atoms with van der Waals surface area (Å²) in [7, 11) is 0. The molecule has 23 heavy (non-hydrogen) atoms. The topological polar surface area (TPSA) is 74.2 Å². The van der Waals surface area contributed by atoms with Crippen LogP contribution in [0.1, 0.15) is 61.7 Å². The van der Waals surface area contributed by atoms with Gasteiger partial charge in [-0.05, 0) is 38.5 Å². The van der Waals surface area contributed by atoms with Crippen LogP contribution in [0.4, 0.5) is 4.79 Å². The lowest BCUT2D eigenvalue weighted by Crippen LogP contribution is -2.47. The molecule has 128 valence electrons. The van der Waals surface area contributed by atoms with Crippen molar-refractivity contribution in [3.8, 4) is 0 Å². The number of thiazole rings is 1. The molecular weight excluding hydrogens is 310 g/mol. The van der Waals surface area contributed by atoms with Gasteiger partial charge in [0, 0.05) is 29.6 Å². The van der Waals surface area contributed by atoms with Crippen molar-refractivity contribution in [1.82, 2.24) is 15.6 Å². The first kappa shape index (κ1) is 16.7. The molecule has 2 saturated carbocycles. The van der Waals surface area contributed by atoms with Gasteiger partial charge < -0.3 is 15.7 Å². The Hall–Kier alpha value is -1.14. The monoisotopic (exact) mass is 337 g/mol. The summed E-state index contributed by atoms with van der Waals surface area (Å²) in [6.45, 7) is 2.14. The average Bonchev–Trinajstić information content (AvgIpc) is 3.31. The van der Waals surface area contributed by atoms with Crippen molar-refractivity contribution in [2.45, 2.75) is 64.0 Å². The number of amides is 2. The molecule has 5 nitrogen and oxygen atoms in total. The molecule has 0 radical (unpaired) electrons. The Balaban J connectivity index is 1.60. The minimum Gasteiger partial charge on any atom is -0.396 e. The van der Waals surface area contributed by atoms with Crippen LogP contribution in [0.5, 0.6) is 0 Å². The van der Waals surface area contributed by atoms with Gasteiger partial charge in [-0.3, -0.25) is 0 Å². The van der Waals surface area contributed by atoms with E-state index in [9.17, 15) is 9.90 Å². The average molecular weight is 337 g/mol. The van der Waals surface area contributed by atoms with Crippen molar-refractivity contribution in [3.05, 3.63) is 16.1 Å². The van der Waals surface area contributed by atoms with Crippen molar-refractivity contribution >= 4 is 17.4 Å². The molecule has 2 aliphatic carbocycles. The first-order valence-corrected chi connectivity index (χ1v) is 9.65. The summed E-state index contributed by atoms with van der Waals surface area (Å²) in [5.74, 6) is 0.707. The molecule has 0 spiro atoms. The number of rotatable bonds is 5. The maximum absolute atomic E-state index is 12.5. The third-order valence-corrected chi connectivity index (χ3v) is 6.04. The van der Waals surface area contributed by atoms with Crippen LogP contribution in [0, 0.1) is 18.8 Å². The number of hydrogen-bond donors (Lipinski definition) is 3. The maximum Gasteiger partial charge on any atom is 0.315 e. The Morgan fingerprint density at radius 1 is 1.35 bits per heavy atom. The Kier molecular flexibility index (Phi) is 5.54. The number of carbonyl (C=O) groups is 1. The maximum atomic E-state index is 12.5. The first-order chi connectivity index (χ1) is 11.2. The molecule has 0 aromatic carbocycles. The van der Waals surface area contributed by atoms with Crippen LogP contribution in [0.3, 0.4) is 0 Å². The van der Waals surface area contributed by atoms with Crippen LogP contribution in [0.25, 0.3) is 0 Å². The fraction of sp³-hybridized carbons (Fsp3) is 0.765. The van der Waals surface area contributed by atoms with E-state index < -0.39 is 0 Å². The molecule has 2 aliphatic rings. The fourth-order valence-electron chi connectivity index (χ4n) is 3.47. The molecular formula is C17H27N3O2S. The van der Waals surface area contributed by atoms with Gasteiger partial charge >= 0.3 is 6.03 Å². The summed E-state index contributed by atoms with van der Waals surface area (Å²) in [6.07, 6.45) is 7.74. The van der Waals surface area contributed by atoms with Gasteiger partial charge in [-0.1, -0.05) is 19.3 Å². The normalized spacial score (nSPS) is 26.3. The summed E-state index contributed by atoms with van der Waals surface area (Å²) in [4.78, 5) is 17.0. The number of aryl methyl sites for hydroxylation is 1. The van der Waals surface area contributed by atoms with Crippen LogP contribution in [0.2, 0.25) is 0 Å². The van der Waals surface area contributed by atoms with Crippen LogP contribution in [-0.4, -0.2) is 28.8 Å². The van der Waals surface area contributed by atoms with Crippen LogP contribution < -0.4 is 10.6 Å². The zero-order valence-corrected chi connectivity index (χ0v) is 14.6. The van der Waals surface area contributed by atoms with Crippen molar-refractivity contribution < 1.29 is 9.90 Å². The van der Waals surface area contributed by atoms with Gasteiger partial charge in [0.2, 0.25) is 0 Å². The van der Waals surface area contributed by atoms with Gasteiger partial charge in [0.15, 0.2) is 0 Å². The zero-order valence-electron chi connectivity index (χ0n) is 13.8. The Bertz CT molecular complexity index is 530. The van der Waals surface area contributed by atoms with Crippen molar-refractivity contribution in [2.75, 3.05) is 6.61 Å². The highest BCUT2D eigenvalue weighted by Crippen LogP contribution is 2.41. The van der Waals surface area contributed by atoms with E-state index in [1.807, 2.05) is 12.3 Å². The number of nitrogens with one attached hydrogen (secondary N) is 2. The number of nitrogens with zero attached hydrogens (tertiary/aromatic N) is 1. The fourth-order valence-corrected chi connectivity index (χ4v) is 4.41. The lowest BCUT2D eigenvalue weighted by atomic mass is 9.96. The van der Waals surface area contributed by atoms with Crippen LogP contribution >= 0.6 is 11.3 Å². The van der Waals surface area contributed by atoms with Gasteiger partial charge in [0.1, 0.15) is 5.01 Å². The lowest BCUT2D eigenvalue weighted by Gasteiger charge is -2.26. The second kappa shape index (κ2) is 7.62. The van der Waals surface area contributed by atoms with Gasteiger partial charge in [0.25, 0.3) is 0 Å². The van der Waals surface area contributed by atoms with Crippen LogP contribution in [0.15, 0.2) is 5.38 Å². The number of carbonyl (C=O) groups excluding carboxylic acids is 1. The Morgan fingerprint density at radius 3 is 2.78 bits per heavy atom. The van der Waals surface area contributed by atoms with E-state index in [-0.39, 0.29) is 30.6 Å². The van der Waals surface area contributed by atoms with Crippen LogP contribution in [-0.2, 0) is 0 Å². The Morgan fingerprint density at radius 2 is 2.13 bits per heavy atom. The van der Waals surface area contributed by atoms with Gasteiger partial charge in [-0.25, -0.2) is 9.78 Å². The molecule has 0 bridgehead atoms. The van der Waals surface area contributed by atoms with Gasteiger partial charge in [-0.15, -0.1) is 11.3 Å². The summed E-state index contributed by atoms with van der Waals surface area (Å²) >= 11 is 1.63. The summed E-state index contributed by atoms with van der Waals surface area (Å²) in [6, 6.07) is 0.00698. The number of aromatic nitrogens is 1. The second-order valence-electron chi connectivity index (χ2n) is 6.95. The zero-order chi connectivity index (χ0) is 16.2. The van der Waals surface area contributed by atoms with E-state index >= 15 is 0 Å². The quantitative estimate of drug-likeness (QED) is 0.723. The summed E-state index contributed by atoms with van der Waals surface area (Å²) < 4.78 is 0. The van der Waals surface area contributed by atoms with Gasteiger partial charge in [-0.2, -0.15) is 0 Å². The molecule has 3 rings (SSSR count). The van der Waals surface area contributed by atoms with E-state index in [0.29, 0.717) is 5.92 Å². The third kappa shape index (κ3) is 4.44. The highest BCUT2D eigenvalue weighted by molar-refractivity contribution is 7.09. The van der Waals surface area contributed by atoms with Gasteiger partial charge in [0.05, 0.1) is 6.04 Å². The molecule has 1 aromatic rings. The largest absolute Gasteiger partial charge is 0.396 e. The molecule has 6 heteroatoms. The SMILES string of the molecule is Cc1csc([C@H](NC(=O)N[C@H]2CCCCC[C@@H]2CO)C2CC2)n1. The number of urea groups is 1. The van der Waals surface area contributed by atoms with Crippen molar-refractivity contribution in [2.24, 2.45) is 11.8 Å². The molecule has 0 aliphatic heterocycles. The Labute approximate surface area is 141 Å². The van der Waals surface area contributed by atoms with E-state index in [1.165, 1.54) is 6.42 Å².